The van der Waals surface area contributed by atoms with Crippen molar-refractivity contribution in [3.05, 3.63) is 137 Å². The molecule has 5 unspecified atom stereocenters. The zero-order valence-corrected chi connectivity index (χ0v) is 36.3. The molecule has 5 atom stereocenters. The van der Waals surface area contributed by atoms with Crippen LogP contribution in [0.1, 0.15) is 79.7 Å². The number of carbonyl (C=O) groups excluding carboxylic acids is 3. The van der Waals surface area contributed by atoms with E-state index in [1.165, 1.54) is 5.56 Å². The molecule has 0 saturated heterocycles. The highest BCUT2D eigenvalue weighted by Gasteiger charge is 2.47. The molecule has 0 radical (unpaired) electrons. The third-order valence-corrected chi connectivity index (χ3v) is 11.6. The van der Waals surface area contributed by atoms with Gasteiger partial charge in [-0.3, -0.25) is 0 Å². The quantitative estimate of drug-likeness (QED) is 0.0205. The van der Waals surface area contributed by atoms with Crippen molar-refractivity contribution in [2.75, 3.05) is 32.9 Å². The molecule has 2 aliphatic rings. The molecular formula is C50H62N2O11. The number of hydrogen-bond acceptors (Lipinski definition) is 11. The van der Waals surface area contributed by atoms with Gasteiger partial charge in [0.15, 0.2) is 6.61 Å². The largest absolute Gasteiger partial charge is 0.482 e. The maximum Gasteiger partial charge on any atom is 0.407 e. The molecule has 0 bridgehead atoms. The summed E-state index contributed by atoms with van der Waals surface area (Å²) in [5.41, 5.74) is 5.04. The fourth-order valence-corrected chi connectivity index (χ4v) is 8.40. The molecule has 0 aromatic heterocycles. The van der Waals surface area contributed by atoms with E-state index in [0.29, 0.717) is 17.6 Å². The first-order valence-corrected chi connectivity index (χ1v) is 22.3. The van der Waals surface area contributed by atoms with E-state index < -0.39 is 18.2 Å². The molecule has 0 spiro atoms. The smallest absolute Gasteiger partial charge is 0.407 e. The van der Waals surface area contributed by atoms with Gasteiger partial charge >= 0.3 is 18.2 Å². The first-order chi connectivity index (χ1) is 30.9. The topological polar surface area (TPSA) is 149 Å². The molecule has 2 N–H and O–H groups in total. The Bertz CT molecular complexity index is 1950. The van der Waals surface area contributed by atoms with Gasteiger partial charge in [0.05, 0.1) is 25.4 Å². The number of benzene rings is 4. The van der Waals surface area contributed by atoms with Crippen LogP contribution in [-0.2, 0) is 71.2 Å². The van der Waals surface area contributed by atoms with Crippen LogP contribution in [0.4, 0.5) is 9.59 Å². The maximum absolute atomic E-state index is 12.7. The average Bonchev–Trinajstić information content (AvgIpc) is 3.65. The number of esters is 1. The summed E-state index contributed by atoms with van der Waals surface area (Å²) < 4.78 is 22.2. The highest BCUT2D eigenvalue weighted by Crippen LogP contribution is 2.49. The molecule has 1 saturated carbocycles. The zero-order valence-electron chi connectivity index (χ0n) is 36.3. The lowest BCUT2D eigenvalue weighted by Gasteiger charge is -2.33. The van der Waals surface area contributed by atoms with E-state index in [4.69, 9.17) is 38.5 Å². The number of unbranched alkanes of at least 4 members (excludes halogenated alkanes) is 2. The number of hydrogen-bond donors (Lipinski definition) is 2. The Balaban J connectivity index is 1.02. The second-order valence-electron chi connectivity index (χ2n) is 16.1. The van der Waals surface area contributed by atoms with E-state index in [2.05, 4.69) is 23.6 Å². The number of carbonyl (C=O) groups is 3. The molecule has 63 heavy (non-hydrogen) atoms. The van der Waals surface area contributed by atoms with Crippen LogP contribution in [0, 0.1) is 17.8 Å². The lowest BCUT2D eigenvalue weighted by molar-refractivity contribution is -0.334. The summed E-state index contributed by atoms with van der Waals surface area (Å²) >= 11 is 0. The minimum Gasteiger partial charge on any atom is -0.482 e. The monoisotopic (exact) mass is 866 g/mol. The number of nitrogens with one attached hydrogen (secondary N) is 2. The van der Waals surface area contributed by atoms with Gasteiger partial charge < -0.3 is 29.6 Å². The number of fused-ring (bicyclic) bond motifs is 2. The van der Waals surface area contributed by atoms with Gasteiger partial charge in [0.1, 0.15) is 25.6 Å². The van der Waals surface area contributed by atoms with E-state index in [1.54, 1.807) is 0 Å². The summed E-state index contributed by atoms with van der Waals surface area (Å²) in [6.07, 6.45) is 6.59. The molecule has 13 heteroatoms. The van der Waals surface area contributed by atoms with Crippen LogP contribution in [0.5, 0.6) is 5.75 Å². The number of rotatable bonds is 26. The Kier molecular flexibility index (Phi) is 19.6. The zero-order chi connectivity index (χ0) is 43.9. The molecule has 2 aliphatic carbocycles. The highest BCUT2D eigenvalue weighted by atomic mass is 17.2. The summed E-state index contributed by atoms with van der Waals surface area (Å²) in [5.74, 6) is 1.04. The first kappa shape index (κ1) is 47.0. The van der Waals surface area contributed by atoms with Gasteiger partial charge in [0.25, 0.3) is 0 Å². The third-order valence-electron chi connectivity index (χ3n) is 11.6. The van der Waals surface area contributed by atoms with Crippen LogP contribution in [0.3, 0.4) is 0 Å². The minimum absolute atomic E-state index is 0.147. The molecule has 6 rings (SSSR count). The Hall–Kier alpha value is -5.47. The standard InChI is InChI=1S/C50H62N2O11/c1-2-3-7-22-42(62-60-28-26-51-49(54)58-34-38-17-10-5-11-18-38)24-25-43-44-30-40-21-14-23-46(56-36-48(53)57-33-37-15-8-4-9-16-37)45(40)31-41(44)32-47(43)63-61-29-27-52-50(55)59-35-39-19-12-6-13-20-39/h4-6,8-21,23,41-44,47H,2-3,7,22,24-36H2,1H3,(H,51,54)(H,52,55). The molecule has 2 amide bonds. The van der Waals surface area contributed by atoms with Crippen LogP contribution in [0.25, 0.3) is 0 Å². The second kappa shape index (κ2) is 26.2. The number of ether oxygens (including phenoxy) is 4. The van der Waals surface area contributed by atoms with Gasteiger partial charge in [-0.05, 0) is 90.2 Å². The molecule has 0 aliphatic heterocycles. The summed E-state index contributed by atoms with van der Waals surface area (Å²) in [5, 5.41) is 5.45. The maximum atomic E-state index is 12.7. The second-order valence-corrected chi connectivity index (χ2v) is 16.1. The van der Waals surface area contributed by atoms with Crippen molar-refractivity contribution in [1.82, 2.24) is 10.6 Å². The van der Waals surface area contributed by atoms with Gasteiger partial charge in [-0.1, -0.05) is 129 Å². The van der Waals surface area contributed by atoms with Crippen molar-refractivity contribution < 1.29 is 52.9 Å². The first-order valence-electron chi connectivity index (χ1n) is 22.3. The van der Waals surface area contributed by atoms with Crippen molar-refractivity contribution in [2.45, 2.75) is 96.7 Å². The Labute approximate surface area is 370 Å². The molecule has 338 valence electrons. The van der Waals surface area contributed by atoms with Crippen LogP contribution in [0.2, 0.25) is 0 Å². The Morgan fingerprint density at radius 2 is 1.27 bits per heavy atom. The van der Waals surface area contributed by atoms with Crippen LogP contribution < -0.4 is 15.4 Å². The molecule has 4 aromatic carbocycles. The number of alkyl carbamates (subject to hydrolysis) is 2. The lowest BCUT2D eigenvalue weighted by atomic mass is 9.73. The van der Waals surface area contributed by atoms with Gasteiger partial charge in [0, 0.05) is 13.1 Å². The molecular weight excluding hydrogens is 805 g/mol. The summed E-state index contributed by atoms with van der Waals surface area (Å²) in [6.45, 7) is 3.36. The van der Waals surface area contributed by atoms with Gasteiger partial charge in [0.2, 0.25) is 0 Å². The normalized spacial score (nSPS) is 18.0. The van der Waals surface area contributed by atoms with Crippen LogP contribution >= 0.6 is 0 Å². The summed E-state index contributed by atoms with van der Waals surface area (Å²) in [4.78, 5) is 60.8. The van der Waals surface area contributed by atoms with Gasteiger partial charge in [-0.25, -0.2) is 33.9 Å². The van der Waals surface area contributed by atoms with Crippen LogP contribution in [-0.4, -0.2) is 63.3 Å². The predicted octanol–water partition coefficient (Wildman–Crippen LogP) is 9.01. The average molecular weight is 867 g/mol. The summed E-state index contributed by atoms with van der Waals surface area (Å²) in [7, 11) is 0. The van der Waals surface area contributed by atoms with Crippen molar-refractivity contribution in [1.29, 1.82) is 0 Å². The SMILES string of the molecule is CCCCCC(CCC1C(OOCCNC(=O)OCc2ccccc2)CC2Cc3c(cccc3OCC(=O)OCc3ccccc3)CC21)OOCCNC(=O)OCc1ccccc1. The Morgan fingerprint density at radius 3 is 1.89 bits per heavy atom. The fourth-order valence-electron chi connectivity index (χ4n) is 8.40. The summed E-state index contributed by atoms with van der Waals surface area (Å²) in [6, 6.07) is 34.6. The third kappa shape index (κ3) is 16.0. The minimum atomic E-state index is -0.525. The number of amides is 2. The van der Waals surface area contributed by atoms with Crippen molar-refractivity contribution >= 4 is 18.2 Å². The van der Waals surface area contributed by atoms with Crippen molar-refractivity contribution in [3.8, 4) is 5.75 Å². The van der Waals surface area contributed by atoms with E-state index in [9.17, 15) is 14.4 Å². The Morgan fingerprint density at radius 1 is 0.667 bits per heavy atom. The predicted molar refractivity (Wildman–Crippen MR) is 235 cm³/mol. The van der Waals surface area contributed by atoms with E-state index >= 15 is 0 Å². The molecule has 4 aromatic rings. The molecule has 1 fully saturated rings. The van der Waals surface area contributed by atoms with Gasteiger partial charge in [-0.2, -0.15) is 0 Å². The van der Waals surface area contributed by atoms with E-state index in [1.807, 2.05) is 103 Å². The van der Waals surface area contributed by atoms with Crippen LogP contribution in [0.15, 0.2) is 109 Å². The highest BCUT2D eigenvalue weighted by molar-refractivity contribution is 5.71. The van der Waals surface area contributed by atoms with Crippen molar-refractivity contribution in [3.63, 3.8) is 0 Å². The fraction of sp³-hybridized carbons (Fsp3) is 0.460. The van der Waals surface area contributed by atoms with Crippen molar-refractivity contribution in [2.24, 2.45) is 17.8 Å². The van der Waals surface area contributed by atoms with E-state index in [0.717, 1.165) is 80.0 Å². The molecule has 13 nitrogen and oxygen atoms in total. The van der Waals surface area contributed by atoms with Gasteiger partial charge in [-0.15, -0.1) is 0 Å². The van der Waals surface area contributed by atoms with E-state index in [-0.39, 0.29) is 70.9 Å². The lowest BCUT2D eigenvalue weighted by Crippen LogP contribution is -2.31. The molecule has 0 heterocycles.